The van der Waals surface area contributed by atoms with Crippen molar-refractivity contribution in [2.24, 2.45) is 7.05 Å². The van der Waals surface area contributed by atoms with Gasteiger partial charge in [0.15, 0.2) is 11.0 Å². The van der Waals surface area contributed by atoms with Crippen LogP contribution in [0.15, 0.2) is 24.5 Å². The van der Waals surface area contributed by atoms with Gasteiger partial charge in [-0.3, -0.25) is 0 Å². The van der Waals surface area contributed by atoms with Crippen LogP contribution < -0.4 is 9.30 Å². The molecule has 3 heteroatoms. The fourth-order valence-electron chi connectivity index (χ4n) is 1.74. The van der Waals surface area contributed by atoms with Crippen LogP contribution in [-0.2, 0) is 13.6 Å². The molecule has 0 amide bonds. The van der Waals surface area contributed by atoms with Crippen molar-refractivity contribution in [3.8, 4) is 5.75 Å². The minimum atomic E-state index is 0.908. The molecule has 2 aromatic rings. The fraction of sp³-hybridized carbons (Fsp3) is 0.364. The average Bonchev–Trinajstić information content (AvgIpc) is 2.55. The highest BCUT2D eigenvalue weighted by Crippen LogP contribution is 2.18. The van der Waals surface area contributed by atoms with E-state index in [1.165, 1.54) is 11.0 Å². The van der Waals surface area contributed by atoms with Crippen LogP contribution in [0.25, 0.3) is 11.0 Å². The molecule has 2 rings (SSSR count). The number of nitrogens with zero attached hydrogens (tertiary/aromatic N) is 2. The van der Waals surface area contributed by atoms with E-state index in [1.807, 2.05) is 6.07 Å². The molecule has 0 saturated heterocycles. The third-order valence-electron chi connectivity index (χ3n) is 2.53. The van der Waals surface area contributed by atoms with E-state index < -0.39 is 0 Å². The maximum Gasteiger partial charge on any atom is 0.244 e. The summed E-state index contributed by atoms with van der Waals surface area (Å²) in [7, 11) is 3.75. The van der Waals surface area contributed by atoms with Gasteiger partial charge in [-0.05, 0) is 19.1 Å². The molecule has 1 heterocycles. The Morgan fingerprint density at radius 3 is 2.86 bits per heavy atom. The van der Waals surface area contributed by atoms with Crippen molar-refractivity contribution in [2.45, 2.75) is 13.5 Å². The molecule has 0 aliphatic heterocycles. The monoisotopic (exact) mass is 191 g/mol. The summed E-state index contributed by atoms with van der Waals surface area (Å²) >= 11 is 0. The second kappa shape index (κ2) is 3.33. The Morgan fingerprint density at radius 1 is 1.43 bits per heavy atom. The van der Waals surface area contributed by atoms with Gasteiger partial charge in [0.05, 0.1) is 20.7 Å². The summed E-state index contributed by atoms with van der Waals surface area (Å²) in [6, 6.07) is 6.14. The molecule has 0 atom stereocenters. The average molecular weight is 191 g/mol. The number of ether oxygens (including phenoxy) is 1. The second-order valence-electron chi connectivity index (χ2n) is 3.37. The van der Waals surface area contributed by atoms with Gasteiger partial charge >= 0.3 is 0 Å². The van der Waals surface area contributed by atoms with Crippen LogP contribution in [0.5, 0.6) is 5.75 Å². The summed E-state index contributed by atoms with van der Waals surface area (Å²) in [6.45, 7) is 3.11. The number of hydrogen-bond acceptors (Lipinski definition) is 1. The van der Waals surface area contributed by atoms with Crippen LogP contribution in [0.4, 0.5) is 0 Å². The zero-order valence-corrected chi connectivity index (χ0v) is 8.82. The van der Waals surface area contributed by atoms with Crippen molar-refractivity contribution in [1.82, 2.24) is 4.57 Å². The standard InChI is InChI=1S/C11H15N2O/c1-4-13-8-12(2)10-6-5-9(14-3)7-11(10)13/h5-8H,4H2,1-3H3/q+1. The molecule has 0 aliphatic carbocycles. The molecule has 0 spiro atoms. The first-order valence-electron chi connectivity index (χ1n) is 4.78. The lowest BCUT2D eigenvalue weighted by Crippen LogP contribution is -2.25. The zero-order chi connectivity index (χ0) is 10.1. The van der Waals surface area contributed by atoms with E-state index in [1.54, 1.807) is 7.11 Å². The van der Waals surface area contributed by atoms with Gasteiger partial charge in [-0.2, -0.15) is 0 Å². The molecule has 0 N–H and O–H groups in total. The molecular formula is C11H15N2O+. The van der Waals surface area contributed by atoms with Gasteiger partial charge in [-0.1, -0.05) is 0 Å². The lowest BCUT2D eigenvalue weighted by atomic mass is 10.3. The Balaban J connectivity index is 2.71. The Hall–Kier alpha value is -1.51. The van der Waals surface area contributed by atoms with E-state index in [2.05, 4.69) is 41.6 Å². The molecule has 0 saturated carbocycles. The number of benzene rings is 1. The molecule has 0 unspecified atom stereocenters. The quantitative estimate of drug-likeness (QED) is 0.658. The highest BCUT2D eigenvalue weighted by atomic mass is 16.5. The first-order chi connectivity index (χ1) is 6.76. The van der Waals surface area contributed by atoms with Crippen LogP contribution in [0.2, 0.25) is 0 Å². The van der Waals surface area contributed by atoms with Crippen LogP contribution in [0.1, 0.15) is 6.92 Å². The lowest BCUT2D eigenvalue weighted by Gasteiger charge is -1.97. The smallest absolute Gasteiger partial charge is 0.244 e. The topological polar surface area (TPSA) is 18.0 Å². The van der Waals surface area contributed by atoms with Gasteiger partial charge in [-0.15, -0.1) is 0 Å². The van der Waals surface area contributed by atoms with Crippen LogP contribution in [-0.4, -0.2) is 11.7 Å². The van der Waals surface area contributed by atoms with E-state index >= 15 is 0 Å². The molecule has 74 valence electrons. The maximum atomic E-state index is 5.21. The van der Waals surface area contributed by atoms with Crippen molar-refractivity contribution in [3.05, 3.63) is 24.5 Å². The van der Waals surface area contributed by atoms with E-state index in [9.17, 15) is 0 Å². The molecule has 0 fully saturated rings. The van der Waals surface area contributed by atoms with Gasteiger partial charge < -0.3 is 4.74 Å². The predicted molar refractivity (Wildman–Crippen MR) is 55.3 cm³/mol. The number of aryl methyl sites for hydroxylation is 2. The van der Waals surface area contributed by atoms with E-state index in [4.69, 9.17) is 4.74 Å². The summed E-state index contributed by atoms with van der Waals surface area (Å²) in [5.41, 5.74) is 2.45. The summed E-state index contributed by atoms with van der Waals surface area (Å²) in [6.07, 6.45) is 2.10. The first-order valence-corrected chi connectivity index (χ1v) is 4.78. The summed E-state index contributed by atoms with van der Waals surface area (Å²) in [5, 5.41) is 0. The fourth-order valence-corrected chi connectivity index (χ4v) is 1.74. The van der Waals surface area contributed by atoms with Gasteiger partial charge in [-0.25, -0.2) is 9.13 Å². The molecule has 0 bridgehead atoms. The summed E-state index contributed by atoms with van der Waals surface area (Å²) in [5.74, 6) is 0.908. The lowest BCUT2D eigenvalue weighted by molar-refractivity contribution is -0.645. The van der Waals surface area contributed by atoms with E-state index in [0.717, 1.165) is 12.3 Å². The number of methoxy groups -OCH3 is 1. The van der Waals surface area contributed by atoms with Gasteiger partial charge in [0, 0.05) is 6.07 Å². The van der Waals surface area contributed by atoms with Gasteiger partial charge in [0.2, 0.25) is 6.33 Å². The van der Waals surface area contributed by atoms with Gasteiger partial charge in [0.25, 0.3) is 0 Å². The Labute approximate surface area is 83.5 Å². The summed E-state index contributed by atoms with van der Waals surface area (Å²) in [4.78, 5) is 0. The molecule has 1 aromatic heterocycles. The zero-order valence-electron chi connectivity index (χ0n) is 8.82. The number of imidazole rings is 1. The number of aromatic nitrogens is 2. The normalized spacial score (nSPS) is 10.8. The second-order valence-corrected chi connectivity index (χ2v) is 3.37. The highest BCUT2D eigenvalue weighted by molar-refractivity contribution is 5.73. The van der Waals surface area contributed by atoms with Gasteiger partial charge in [0.1, 0.15) is 5.75 Å². The van der Waals surface area contributed by atoms with Crippen molar-refractivity contribution < 1.29 is 9.30 Å². The Kier molecular flexibility index (Phi) is 2.15. The maximum absolute atomic E-state index is 5.21. The summed E-state index contributed by atoms with van der Waals surface area (Å²) < 4.78 is 9.54. The van der Waals surface area contributed by atoms with E-state index in [-0.39, 0.29) is 0 Å². The van der Waals surface area contributed by atoms with Crippen molar-refractivity contribution in [2.75, 3.05) is 7.11 Å². The Bertz CT molecular complexity index is 460. The van der Waals surface area contributed by atoms with Crippen LogP contribution in [0, 0.1) is 0 Å². The molecule has 3 nitrogen and oxygen atoms in total. The molecule has 14 heavy (non-hydrogen) atoms. The minimum absolute atomic E-state index is 0.908. The SMILES string of the molecule is CCn1c[n+](C)c2ccc(OC)cc21. The van der Waals surface area contributed by atoms with Crippen molar-refractivity contribution in [1.29, 1.82) is 0 Å². The molecule has 0 radical (unpaired) electrons. The predicted octanol–water partition coefficient (Wildman–Crippen LogP) is 1.49. The first kappa shape index (κ1) is 9.06. The Morgan fingerprint density at radius 2 is 2.21 bits per heavy atom. The third kappa shape index (κ3) is 1.25. The minimum Gasteiger partial charge on any atom is -0.497 e. The number of hydrogen-bond donors (Lipinski definition) is 0. The van der Waals surface area contributed by atoms with E-state index in [0.29, 0.717) is 0 Å². The third-order valence-corrected chi connectivity index (χ3v) is 2.53. The van der Waals surface area contributed by atoms with Crippen molar-refractivity contribution >= 4 is 11.0 Å². The largest absolute Gasteiger partial charge is 0.497 e. The molecule has 0 aliphatic rings. The number of rotatable bonds is 2. The van der Waals surface area contributed by atoms with Crippen LogP contribution >= 0.6 is 0 Å². The van der Waals surface area contributed by atoms with Crippen LogP contribution in [0.3, 0.4) is 0 Å². The molecule has 1 aromatic carbocycles. The molecular weight excluding hydrogens is 176 g/mol. The highest BCUT2D eigenvalue weighted by Gasteiger charge is 2.11. The van der Waals surface area contributed by atoms with Crippen molar-refractivity contribution in [3.63, 3.8) is 0 Å². The number of fused-ring (bicyclic) bond motifs is 1.